The molecule has 1 amide bonds. The molecule has 0 aliphatic carbocycles. The van der Waals surface area contributed by atoms with E-state index < -0.39 is 0 Å². The molecule has 1 heterocycles. The molecule has 0 aromatic heterocycles. The van der Waals surface area contributed by atoms with E-state index in [-0.39, 0.29) is 16.7 Å². The smallest absolute Gasteiger partial charge is 0.225 e. The van der Waals surface area contributed by atoms with Crippen molar-refractivity contribution in [3.05, 3.63) is 0 Å². The molecule has 1 unspecified atom stereocenters. The zero-order valence-electron chi connectivity index (χ0n) is 12.7. The molecule has 0 aromatic carbocycles. The van der Waals surface area contributed by atoms with Gasteiger partial charge in [-0.3, -0.25) is 4.79 Å². The first-order valence-electron chi connectivity index (χ1n) is 7.22. The Balaban J connectivity index is 2.43. The van der Waals surface area contributed by atoms with Crippen molar-refractivity contribution in [3.8, 4) is 0 Å². The zero-order chi connectivity index (χ0) is 13.8. The van der Waals surface area contributed by atoms with Gasteiger partial charge >= 0.3 is 0 Å². The fourth-order valence-corrected chi connectivity index (χ4v) is 2.43. The summed E-state index contributed by atoms with van der Waals surface area (Å²) in [5, 5.41) is 6.51. The minimum atomic E-state index is -0.259. The summed E-state index contributed by atoms with van der Waals surface area (Å²) in [6.45, 7) is 13.6. The van der Waals surface area contributed by atoms with Crippen LogP contribution < -0.4 is 10.6 Å². The Morgan fingerprint density at radius 2 is 1.94 bits per heavy atom. The number of nitrogens with one attached hydrogen (secondary N) is 2. The van der Waals surface area contributed by atoms with Crippen LogP contribution in [0.4, 0.5) is 0 Å². The second-order valence-corrected chi connectivity index (χ2v) is 7.33. The Morgan fingerprint density at radius 3 is 2.44 bits per heavy atom. The van der Waals surface area contributed by atoms with Crippen molar-refractivity contribution < 1.29 is 4.79 Å². The molecule has 2 N–H and O–H groups in total. The maximum Gasteiger partial charge on any atom is 0.225 e. The minimum Gasteiger partial charge on any atom is -0.356 e. The van der Waals surface area contributed by atoms with Crippen LogP contribution in [0.1, 0.15) is 53.9 Å². The molecule has 3 nitrogen and oxygen atoms in total. The van der Waals surface area contributed by atoms with Crippen molar-refractivity contribution in [2.45, 2.75) is 53.9 Å². The molecule has 1 atom stereocenters. The highest BCUT2D eigenvalue weighted by molar-refractivity contribution is 5.82. The topological polar surface area (TPSA) is 41.1 Å². The van der Waals surface area contributed by atoms with Gasteiger partial charge in [-0.2, -0.15) is 0 Å². The number of carbonyl (C=O) groups excluding carboxylic acids is 1. The molecule has 1 rings (SSSR count). The summed E-state index contributed by atoms with van der Waals surface area (Å²) in [5.74, 6) is 0.668. The van der Waals surface area contributed by atoms with Crippen LogP contribution in [0.2, 0.25) is 0 Å². The predicted octanol–water partition coefficient (Wildman–Crippen LogP) is 2.56. The normalized spacial score (nSPS) is 21.7. The molecular formula is C15H30N2O. The minimum absolute atomic E-state index is 0.209. The van der Waals surface area contributed by atoms with E-state index in [1.807, 2.05) is 0 Å². The molecule has 1 aliphatic heterocycles. The van der Waals surface area contributed by atoms with Crippen molar-refractivity contribution in [1.82, 2.24) is 10.6 Å². The Morgan fingerprint density at radius 1 is 1.28 bits per heavy atom. The molecule has 1 saturated heterocycles. The van der Waals surface area contributed by atoms with Gasteiger partial charge in [0.25, 0.3) is 0 Å². The number of rotatable bonds is 4. The van der Waals surface area contributed by atoms with Crippen LogP contribution in [-0.4, -0.2) is 25.5 Å². The van der Waals surface area contributed by atoms with E-state index in [1.165, 1.54) is 6.42 Å². The fraction of sp³-hybridized carbons (Fsp3) is 0.933. The summed E-state index contributed by atoms with van der Waals surface area (Å²) in [4.78, 5) is 12.3. The molecule has 0 saturated carbocycles. The van der Waals surface area contributed by atoms with Crippen molar-refractivity contribution in [2.75, 3.05) is 19.6 Å². The number of hydrogen-bond acceptors (Lipinski definition) is 2. The highest BCUT2D eigenvalue weighted by Gasteiger charge is 2.37. The summed E-state index contributed by atoms with van der Waals surface area (Å²) in [6.07, 6.45) is 3.37. The van der Waals surface area contributed by atoms with Crippen molar-refractivity contribution >= 4 is 5.91 Å². The number of hydrogen-bond donors (Lipinski definition) is 2. The average Bonchev–Trinajstić information content (AvgIpc) is 2.28. The largest absolute Gasteiger partial charge is 0.356 e. The fourth-order valence-electron chi connectivity index (χ4n) is 2.43. The van der Waals surface area contributed by atoms with Gasteiger partial charge in [0, 0.05) is 12.0 Å². The SMILES string of the molecule is CC(C)(C)CCNC(=O)C(C)(C)C1CCCNC1. The van der Waals surface area contributed by atoms with Crippen LogP contribution in [-0.2, 0) is 4.79 Å². The van der Waals surface area contributed by atoms with Crippen molar-refractivity contribution in [3.63, 3.8) is 0 Å². The lowest BCUT2D eigenvalue weighted by molar-refractivity contribution is -0.132. The summed E-state index contributed by atoms with van der Waals surface area (Å²) in [7, 11) is 0. The van der Waals surface area contributed by atoms with Gasteiger partial charge in [-0.25, -0.2) is 0 Å². The summed E-state index contributed by atoms with van der Waals surface area (Å²) in [5.41, 5.74) is 0.0229. The second kappa shape index (κ2) is 6.05. The highest BCUT2D eigenvalue weighted by atomic mass is 16.2. The third-order valence-corrected chi connectivity index (χ3v) is 4.06. The van der Waals surface area contributed by atoms with E-state index in [2.05, 4.69) is 45.3 Å². The van der Waals surface area contributed by atoms with Crippen LogP contribution in [0.25, 0.3) is 0 Å². The van der Waals surface area contributed by atoms with Crippen LogP contribution >= 0.6 is 0 Å². The lowest BCUT2D eigenvalue weighted by Crippen LogP contribution is -2.47. The number of amides is 1. The monoisotopic (exact) mass is 254 g/mol. The summed E-state index contributed by atoms with van der Waals surface area (Å²) >= 11 is 0. The van der Waals surface area contributed by atoms with Gasteiger partial charge in [0.05, 0.1) is 0 Å². The Hall–Kier alpha value is -0.570. The third-order valence-electron chi connectivity index (χ3n) is 4.06. The lowest BCUT2D eigenvalue weighted by atomic mass is 9.74. The van der Waals surface area contributed by atoms with E-state index in [4.69, 9.17) is 0 Å². The first-order chi connectivity index (χ1) is 8.23. The van der Waals surface area contributed by atoms with Crippen LogP contribution in [0.5, 0.6) is 0 Å². The number of piperidine rings is 1. The third kappa shape index (κ3) is 4.60. The molecule has 106 valence electrons. The van der Waals surface area contributed by atoms with Gasteiger partial charge in [0.1, 0.15) is 0 Å². The summed E-state index contributed by atoms with van der Waals surface area (Å²) in [6, 6.07) is 0. The average molecular weight is 254 g/mol. The van der Waals surface area contributed by atoms with Crippen molar-refractivity contribution in [1.29, 1.82) is 0 Å². The maximum atomic E-state index is 12.3. The quantitative estimate of drug-likeness (QED) is 0.809. The molecular weight excluding hydrogens is 224 g/mol. The van der Waals surface area contributed by atoms with E-state index in [1.54, 1.807) is 0 Å². The van der Waals surface area contributed by atoms with Gasteiger partial charge in [-0.15, -0.1) is 0 Å². The van der Waals surface area contributed by atoms with Crippen LogP contribution in [0.15, 0.2) is 0 Å². The lowest BCUT2D eigenvalue weighted by Gasteiger charge is -2.36. The van der Waals surface area contributed by atoms with Crippen LogP contribution in [0, 0.1) is 16.7 Å². The first kappa shape index (κ1) is 15.5. The van der Waals surface area contributed by atoms with Gasteiger partial charge in [0.2, 0.25) is 5.91 Å². The summed E-state index contributed by atoms with van der Waals surface area (Å²) < 4.78 is 0. The molecule has 3 heteroatoms. The van der Waals surface area contributed by atoms with E-state index in [0.717, 1.165) is 32.5 Å². The van der Waals surface area contributed by atoms with Crippen LogP contribution in [0.3, 0.4) is 0 Å². The first-order valence-corrected chi connectivity index (χ1v) is 7.22. The van der Waals surface area contributed by atoms with E-state index in [0.29, 0.717) is 5.92 Å². The molecule has 0 aromatic rings. The second-order valence-electron chi connectivity index (χ2n) is 7.33. The Kier molecular flexibility index (Phi) is 5.20. The predicted molar refractivity (Wildman–Crippen MR) is 76.5 cm³/mol. The maximum absolute atomic E-state index is 12.3. The van der Waals surface area contributed by atoms with Gasteiger partial charge in [-0.1, -0.05) is 34.6 Å². The van der Waals surface area contributed by atoms with Crippen molar-refractivity contribution in [2.24, 2.45) is 16.7 Å². The Labute approximate surface area is 112 Å². The molecule has 1 fully saturated rings. The standard InChI is InChI=1S/C15H30N2O/c1-14(2,3)8-10-17-13(18)15(4,5)12-7-6-9-16-11-12/h12,16H,6-11H2,1-5H3,(H,17,18). The molecule has 0 spiro atoms. The number of carbonyl (C=O) groups is 1. The van der Waals surface area contributed by atoms with E-state index >= 15 is 0 Å². The van der Waals surface area contributed by atoms with Gasteiger partial charge < -0.3 is 10.6 Å². The van der Waals surface area contributed by atoms with Gasteiger partial charge in [-0.05, 0) is 43.7 Å². The highest BCUT2D eigenvalue weighted by Crippen LogP contribution is 2.32. The molecule has 0 radical (unpaired) electrons. The zero-order valence-corrected chi connectivity index (χ0v) is 12.7. The van der Waals surface area contributed by atoms with Gasteiger partial charge in [0.15, 0.2) is 0 Å². The van der Waals surface area contributed by atoms with E-state index in [9.17, 15) is 4.79 Å². The molecule has 0 bridgehead atoms. The Bertz CT molecular complexity index is 273. The molecule has 1 aliphatic rings. The molecule has 18 heavy (non-hydrogen) atoms.